The van der Waals surface area contributed by atoms with Gasteiger partial charge in [-0.25, -0.2) is 18.6 Å². The summed E-state index contributed by atoms with van der Waals surface area (Å²) < 4.78 is 32.5. The molecule has 0 unspecified atom stereocenters. The van der Waals surface area contributed by atoms with Crippen molar-refractivity contribution in [1.29, 1.82) is 0 Å². The second-order valence-corrected chi connectivity index (χ2v) is 5.63. The van der Waals surface area contributed by atoms with Crippen LogP contribution in [-0.4, -0.2) is 53.7 Å². The van der Waals surface area contributed by atoms with Gasteiger partial charge in [-0.1, -0.05) is 6.07 Å². The fraction of sp³-hybridized carbons (Fsp3) is 0.353. The number of nitrogens with zero attached hydrogens (tertiary/aromatic N) is 4. The maximum atomic E-state index is 13.8. The summed E-state index contributed by atoms with van der Waals surface area (Å²) in [6, 6.07) is 5.31. The van der Waals surface area contributed by atoms with Crippen LogP contribution in [0.1, 0.15) is 6.92 Å². The lowest BCUT2D eigenvalue weighted by Crippen LogP contribution is -2.49. The van der Waals surface area contributed by atoms with E-state index < -0.39 is 11.6 Å². The van der Waals surface area contributed by atoms with Crippen molar-refractivity contribution in [3.8, 4) is 0 Å². The smallest absolute Gasteiger partial charge is 0.409 e. The fourth-order valence-electron chi connectivity index (χ4n) is 2.65. The number of ether oxygens (including phenoxy) is 1. The standard InChI is InChI=1S/C17H19F2N5O2/c1-2-26-17(25)24-10-8-23(9-11-24)14-6-7-20-16(21-14)22-15-12(18)4-3-5-13(15)19/h3-7H,2,8-11H2,1H3,(H,20,21,22). The molecule has 2 heterocycles. The Bertz CT molecular complexity index is 761. The van der Waals surface area contributed by atoms with Gasteiger partial charge >= 0.3 is 6.09 Å². The molecule has 1 aliphatic heterocycles. The molecular formula is C17H19F2N5O2. The molecule has 0 spiro atoms. The number of carbonyl (C=O) groups is 1. The van der Waals surface area contributed by atoms with Crippen molar-refractivity contribution in [2.75, 3.05) is 43.0 Å². The Labute approximate surface area is 149 Å². The van der Waals surface area contributed by atoms with E-state index in [1.54, 1.807) is 17.9 Å². The topological polar surface area (TPSA) is 70.6 Å². The Kier molecular flexibility index (Phi) is 5.45. The Morgan fingerprint density at radius 1 is 1.19 bits per heavy atom. The zero-order chi connectivity index (χ0) is 18.5. The lowest BCUT2D eigenvalue weighted by Gasteiger charge is -2.34. The number of rotatable bonds is 4. The SMILES string of the molecule is CCOC(=O)N1CCN(c2ccnc(Nc3c(F)cccc3F)n2)CC1. The molecule has 9 heteroatoms. The third-order valence-corrected chi connectivity index (χ3v) is 3.97. The van der Waals surface area contributed by atoms with E-state index in [-0.39, 0.29) is 17.7 Å². The number of halogens is 2. The molecule has 1 aromatic heterocycles. The minimum Gasteiger partial charge on any atom is -0.450 e. The highest BCUT2D eigenvalue weighted by Gasteiger charge is 2.23. The molecule has 1 aromatic carbocycles. The van der Waals surface area contributed by atoms with E-state index in [9.17, 15) is 13.6 Å². The van der Waals surface area contributed by atoms with Crippen molar-refractivity contribution in [3.63, 3.8) is 0 Å². The maximum absolute atomic E-state index is 13.8. The fourth-order valence-corrected chi connectivity index (χ4v) is 2.65. The molecule has 0 radical (unpaired) electrons. The number of carbonyl (C=O) groups excluding carboxylic acids is 1. The monoisotopic (exact) mass is 363 g/mol. The van der Waals surface area contributed by atoms with Crippen LogP contribution in [0, 0.1) is 11.6 Å². The normalized spacial score (nSPS) is 14.3. The quantitative estimate of drug-likeness (QED) is 0.901. The number of hydrogen-bond donors (Lipinski definition) is 1. The van der Waals surface area contributed by atoms with E-state index >= 15 is 0 Å². The van der Waals surface area contributed by atoms with Gasteiger partial charge in [0.05, 0.1) is 6.61 Å². The van der Waals surface area contributed by atoms with Gasteiger partial charge in [-0.2, -0.15) is 4.98 Å². The van der Waals surface area contributed by atoms with E-state index in [0.29, 0.717) is 38.6 Å². The van der Waals surface area contributed by atoms with Crippen LogP contribution in [0.25, 0.3) is 0 Å². The highest BCUT2D eigenvalue weighted by Crippen LogP contribution is 2.22. The number of para-hydroxylation sites is 1. The molecule has 138 valence electrons. The molecule has 0 atom stereocenters. The number of benzene rings is 1. The van der Waals surface area contributed by atoms with E-state index in [0.717, 1.165) is 12.1 Å². The Balaban J connectivity index is 1.68. The van der Waals surface area contributed by atoms with Crippen molar-refractivity contribution in [1.82, 2.24) is 14.9 Å². The molecule has 1 amide bonds. The molecule has 7 nitrogen and oxygen atoms in total. The van der Waals surface area contributed by atoms with Crippen molar-refractivity contribution in [2.24, 2.45) is 0 Å². The lowest BCUT2D eigenvalue weighted by molar-refractivity contribution is 0.105. The van der Waals surface area contributed by atoms with Crippen molar-refractivity contribution < 1.29 is 18.3 Å². The highest BCUT2D eigenvalue weighted by molar-refractivity contribution is 5.68. The van der Waals surface area contributed by atoms with Gasteiger partial charge in [0, 0.05) is 32.4 Å². The van der Waals surface area contributed by atoms with Crippen molar-refractivity contribution in [3.05, 3.63) is 42.1 Å². The molecule has 1 N–H and O–H groups in total. The molecule has 2 aromatic rings. The zero-order valence-corrected chi connectivity index (χ0v) is 14.3. The number of aromatic nitrogens is 2. The third-order valence-electron chi connectivity index (χ3n) is 3.97. The largest absolute Gasteiger partial charge is 0.450 e. The predicted molar refractivity (Wildman–Crippen MR) is 92.5 cm³/mol. The summed E-state index contributed by atoms with van der Waals surface area (Å²) in [6.07, 6.45) is 1.19. The summed E-state index contributed by atoms with van der Waals surface area (Å²) in [5.74, 6) is -0.730. The molecular weight excluding hydrogens is 344 g/mol. The Morgan fingerprint density at radius 2 is 1.88 bits per heavy atom. The average molecular weight is 363 g/mol. The van der Waals surface area contributed by atoms with Gasteiger partial charge < -0.3 is 19.9 Å². The Hall–Kier alpha value is -2.97. The first-order valence-corrected chi connectivity index (χ1v) is 8.29. The number of nitrogens with one attached hydrogen (secondary N) is 1. The zero-order valence-electron chi connectivity index (χ0n) is 14.3. The van der Waals surface area contributed by atoms with Crippen LogP contribution < -0.4 is 10.2 Å². The molecule has 1 saturated heterocycles. The van der Waals surface area contributed by atoms with Crippen LogP contribution in [0.5, 0.6) is 0 Å². The first-order valence-electron chi connectivity index (χ1n) is 8.29. The summed E-state index contributed by atoms with van der Waals surface area (Å²) in [5, 5.41) is 2.58. The molecule has 26 heavy (non-hydrogen) atoms. The molecule has 1 aliphatic rings. The molecule has 0 saturated carbocycles. The number of amides is 1. The van der Waals surface area contributed by atoms with Gasteiger partial charge in [-0.3, -0.25) is 0 Å². The molecule has 0 bridgehead atoms. The van der Waals surface area contributed by atoms with Crippen LogP contribution in [0.4, 0.5) is 31.0 Å². The van der Waals surface area contributed by atoms with Crippen LogP contribution in [0.15, 0.2) is 30.5 Å². The predicted octanol–water partition coefficient (Wildman–Crippen LogP) is 2.78. The van der Waals surface area contributed by atoms with Crippen LogP contribution in [0.2, 0.25) is 0 Å². The van der Waals surface area contributed by atoms with E-state index in [1.165, 1.54) is 12.3 Å². The first kappa shape index (κ1) is 17.8. The second kappa shape index (κ2) is 7.94. The highest BCUT2D eigenvalue weighted by atomic mass is 19.1. The first-order chi connectivity index (χ1) is 12.6. The summed E-state index contributed by atoms with van der Waals surface area (Å²) in [4.78, 5) is 23.7. The van der Waals surface area contributed by atoms with E-state index in [2.05, 4.69) is 15.3 Å². The molecule has 0 aliphatic carbocycles. The van der Waals surface area contributed by atoms with Crippen molar-refractivity contribution >= 4 is 23.5 Å². The van der Waals surface area contributed by atoms with Gasteiger partial charge in [0.25, 0.3) is 0 Å². The van der Waals surface area contributed by atoms with E-state index in [1.807, 2.05) is 4.90 Å². The lowest BCUT2D eigenvalue weighted by atomic mass is 10.3. The van der Waals surface area contributed by atoms with Gasteiger partial charge in [-0.05, 0) is 25.1 Å². The minimum atomic E-state index is -0.720. The summed E-state index contributed by atoms with van der Waals surface area (Å²) in [5.41, 5.74) is -0.295. The van der Waals surface area contributed by atoms with E-state index in [4.69, 9.17) is 4.74 Å². The number of piperazine rings is 1. The average Bonchev–Trinajstić information content (AvgIpc) is 2.65. The number of hydrogen-bond acceptors (Lipinski definition) is 6. The summed E-state index contributed by atoms with van der Waals surface area (Å²) in [7, 11) is 0. The minimum absolute atomic E-state index is 0.0966. The van der Waals surface area contributed by atoms with Gasteiger partial charge in [0.2, 0.25) is 5.95 Å². The molecule has 3 rings (SSSR count). The number of anilines is 3. The van der Waals surface area contributed by atoms with Crippen LogP contribution >= 0.6 is 0 Å². The Morgan fingerprint density at radius 3 is 2.54 bits per heavy atom. The van der Waals surface area contributed by atoms with Crippen LogP contribution in [0.3, 0.4) is 0 Å². The third kappa shape index (κ3) is 3.98. The maximum Gasteiger partial charge on any atom is 0.409 e. The van der Waals surface area contributed by atoms with Crippen LogP contribution in [-0.2, 0) is 4.74 Å². The molecule has 1 fully saturated rings. The van der Waals surface area contributed by atoms with Crippen molar-refractivity contribution in [2.45, 2.75) is 6.92 Å². The second-order valence-electron chi connectivity index (χ2n) is 5.63. The summed E-state index contributed by atoms with van der Waals surface area (Å²) >= 11 is 0. The van der Waals surface area contributed by atoms with Gasteiger partial charge in [-0.15, -0.1) is 0 Å². The summed E-state index contributed by atoms with van der Waals surface area (Å²) in [6.45, 7) is 4.27. The van der Waals surface area contributed by atoms with Gasteiger partial charge in [0.1, 0.15) is 23.1 Å². The van der Waals surface area contributed by atoms with Gasteiger partial charge in [0.15, 0.2) is 0 Å².